The molecular formula is C24H26N2O9. The van der Waals surface area contributed by atoms with Crippen molar-refractivity contribution < 1.29 is 44.7 Å². The number of phenolic OH excluding ortho intramolecular Hbond substituents is 1. The van der Waals surface area contributed by atoms with Crippen molar-refractivity contribution in [1.82, 2.24) is 4.90 Å². The molecule has 7 N–H and O–H groups in total. The van der Waals surface area contributed by atoms with Crippen LogP contribution in [0.25, 0.3) is 0 Å². The second-order valence-corrected chi connectivity index (χ2v) is 9.53. The number of fused-ring (bicyclic) bond motifs is 3. The molecule has 11 nitrogen and oxygen atoms in total. The van der Waals surface area contributed by atoms with Crippen molar-refractivity contribution in [3.05, 3.63) is 51.5 Å². The summed E-state index contributed by atoms with van der Waals surface area (Å²) < 4.78 is 0. The first-order valence-electron chi connectivity index (χ1n) is 10.9. The largest absolute Gasteiger partial charge is 0.510 e. The van der Waals surface area contributed by atoms with Crippen LogP contribution < -0.4 is 5.73 Å². The highest BCUT2D eigenvalue weighted by molar-refractivity contribution is 6.25. The number of nitrogens with zero attached hydrogens (tertiary/aromatic N) is 1. The molecule has 0 bridgehead atoms. The van der Waals surface area contributed by atoms with E-state index in [1.807, 2.05) is 0 Å². The number of aliphatic hydroxyl groups is 4. The van der Waals surface area contributed by atoms with E-state index in [9.17, 15) is 44.7 Å². The lowest BCUT2D eigenvalue weighted by molar-refractivity contribution is -0.162. The van der Waals surface area contributed by atoms with Crippen LogP contribution in [0.2, 0.25) is 0 Å². The van der Waals surface area contributed by atoms with Gasteiger partial charge in [-0.05, 0) is 44.6 Å². The van der Waals surface area contributed by atoms with Gasteiger partial charge in [0, 0.05) is 17.1 Å². The average molecular weight is 486 g/mol. The highest BCUT2D eigenvalue weighted by Gasteiger charge is 2.67. The van der Waals surface area contributed by atoms with E-state index in [4.69, 9.17) is 5.73 Å². The maximum absolute atomic E-state index is 13.6. The summed E-state index contributed by atoms with van der Waals surface area (Å²) in [5.74, 6) is -10.3. The molecule has 3 aliphatic rings. The number of hydrogen-bond donors (Lipinski definition) is 6. The van der Waals surface area contributed by atoms with Crippen LogP contribution in [-0.4, -0.2) is 85.5 Å². The number of aromatic hydroxyl groups is 1. The zero-order valence-corrected chi connectivity index (χ0v) is 19.4. The topological polar surface area (TPSA) is 199 Å². The van der Waals surface area contributed by atoms with Crippen LogP contribution in [-0.2, 0) is 9.59 Å². The van der Waals surface area contributed by atoms with E-state index in [0.29, 0.717) is 0 Å². The van der Waals surface area contributed by atoms with E-state index in [0.717, 1.165) is 6.07 Å². The second-order valence-electron chi connectivity index (χ2n) is 9.53. The molecule has 0 radical (unpaired) electrons. The summed E-state index contributed by atoms with van der Waals surface area (Å²) in [5.41, 5.74) is 0.823. The van der Waals surface area contributed by atoms with Gasteiger partial charge in [-0.3, -0.25) is 24.1 Å². The van der Waals surface area contributed by atoms with Gasteiger partial charge in [-0.2, -0.15) is 0 Å². The highest BCUT2D eigenvalue weighted by Crippen LogP contribution is 2.55. The van der Waals surface area contributed by atoms with Gasteiger partial charge in [0.25, 0.3) is 5.91 Å². The molecule has 0 unspecified atom stereocenters. The Labute approximate surface area is 199 Å². The predicted octanol–water partition coefficient (Wildman–Crippen LogP) is -0.145. The first kappa shape index (κ1) is 24.6. The summed E-state index contributed by atoms with van der Waals surface area (Å²) >= 11 is 0. The van der Waals surface area contributed by atoms with Gasteiger partial charge in [-0.15, -0.1) is 0 Å². The minimum atomic E-state index is -2.97. The second kappa shape index (κ2) is 7.74. The van der Waals surface area contributed by atoms with Gasteiger partial charge < -0.3 is 31.3 Å². The van der Waals surface area contributed by atoms with Crippen LogP contribution in [0.3, 0.4) is 0 Å². The van der Waals surface area contributed by atoms with Crippen molar-refractivity contribution in [3.63, 3.8) is 0 Å². The Morgan fingerprint density at radius 1 is 1.11 bits per heavy atom. The molecule has 0 aromatic heterocycles. The standard InChI is InChI=1S/C24H26N2O9/c1-7-11-9(8(2)27)5-6-10(28)13(11)18(29)14-12(7)19(30)16-17(26(3)4)20(31)15(23(25)34)22(33)24(16,35)21(14)32/h5-7,12,16-17,19,28,30-32,35H,1-4H3,(H2,25,34)/t7-,12-,16+,17-,19-,24-/m0/s1. The highest BCUT2D eigenvalue weighted by atomic mass is 16.4. The third-order valence-corrected chi connectivity index (χ3v) is 7.49. The molecule has 0 aliphatic heterocycles. The number of carbonyl (C=O) groups excluding carboxylic acids is 4. The Hall–Kier alpha value is -3.54. The number of Topliss-reactive ketones (excluding diaryl/α,β-unsaturated/α-hetero) is 3. The number of likely N-dealkylation sites (N-methyl/N-ethyl adjacent to an activating group) is 1. The molecule has 0 heterocycles. The number of phenols is 1. The molecule has 0 saturated heterocycles. The SMILES string of the molecule is CC(=O)c1ccc(O)c2c1[C@H](C)[C@H]1C(=C(O)[C@]3(O)C(=O)C(C(N)=O)=C(O)[C@@H](N(C)C)[C@@H]3[C@H]1O)C2=O. The van der Waals surface area contributed by atoms with Gasteiger partial charge in [0.2, 0.25) is 5.78 Å². The van der Waals surface area contributed by atoms with Crippen LogP contribution >= 0.6 is 0 Å². The van der Waals surface area contributed by atoms with Crippen LogP contribution in [0.15, 0.2) is 34.8 Å². The fourth-order valence-electron chi connectivity index (χ4n) is 6.01. The maximum Gasteiger partial charge on any atom is 0.255 e. The number of ketones is 3. The van der Waals surface area contributed by atoms with Crippen molar-refractivity contribution in [1.29, 1.82) is 0 Å². The molecule has 0 spiro atoms. The Kier molecular flexibility index (Phi) is 5.43. The summed E-state index contributed by atoms with van der Waals surface area (Å²) in [7, 11) is 2.91. The first-order valence-corrected chi connectivity index (χ1v) is 10.9. The lowest BCUT2D eigenvalue weighted by Gasteiger charge is -2.53. The van der Waals surface area contributed by atoms with Gasteiger partial charge in [0.1, 0.15) is 22.8 Å². The number of aliphatic hydroxyl groups excluding tert-OH is 3. The summed E-state index contributed by atoms with van der Waals surface area (Å²) in [6.45, 7) is 2.85. The molecule has 0 saturated carbocycles. The lowest BCUT2D eigenvalue weighted by atomic mass is 9.55. The monoisotopic (exact) mass is 486 g/mol. The average Bonchev–Trinajstić information content (AvgIpc) is 2.75. The summed E-state index contributed by atoms with van der Waals surface area (Å²) in [6, 6.07) is 1.15. The Morgan fingerprint density at radius 2 is 1.71 bits per heavy atom. The minimum absolute atomic E-state index is 0.132. The van der Waals surface area contributed by atoms with E-state index in [2.05, 4.69) is 0 Å². The fraction of sp³-hybridized carbons (Fsp3) is 0.417. The van der Waals surface area contributed by atoms with Gasteiger partial charge in [0.05, 0.1) is 23.6 Å². The van der Waals surface area contributed by atoms with E-state index in [1.165, 1.54) is 32.0 Å². The van der Waals surface area contributed by atoms with Crippen molar-refractivity contribution in [2.75, 3.05) is 14.1 Å². The van der Waals surface area contributed by atoms with Gasteiger partial charge in [-0.25, -0.2) is 0 Å². The number of rotatable bonds is 3. The zero-order valence-electron chi connectivity index (χ0n) is 19.4. The van der Waals surface area contributed by atoms with E-state index >= 15 is 0 Å². The van der Waals surface area contributed by atoms with Crippen molar-refractivity contribution in [3.8, 4) is 5.75 Å². The predicted molar refractivity (Wildman–Crippen MR) is 120 cm³/mol. The molecule has 0 fully saturated rings. The molecule has 11 heteroatoms. The summed E-state index contributed by atoms with van der Waals surface area (Å²) in [6.07, 6.45) is -1.71. The minimum Gasteiger partial charge on any atom is -0.510 e. The fourth-order valence-corrected chi connectivity index (χ4v) is 6.01. The Bertz CT molecular complexity index is 1280. The maximum atomic E-state index is 13.6. The molecule has 186 valence electrons. The van der Waals surface area contributed by atoms with Crippen LogP contribution in [0.1, 0.15) is 46.0 Å². The molecular weight excluding hydrogens is 460 g/mol. The van der Waals surface area contributed by atoms with Gasteiger partial charge >= 0.3 is 0 Å². The van der Waals surface area contributed by atoms with Crippen LogP contribution in [0.5, 0.6) is 5.75 Å². The zero-order chi connectivity index (χ0) is 26.3. The molecule has 1 aromatic carbocycles. The molecule has 3 aliphatic carbocycles. The number of hydrogen-bond acceptors (Lipinski definition) is 10. The Morgan fingerprint density at radius 3 is 2.23 bits per heavy atom. The van der Waals surface area contributed by atoms with Crippen molar-refractivity contribution >= 4 is 23.3 Å². The third-order valence-electron chi connectivity index (χ3n) is 7.49. The number of carbonyl (C=O) groups is 4. The van der Waals surface area contributed by atoms with Crippen LogP contribution in [0, 0.1) is 11.8 Å². The normalized spacial score (nSPS) is 32.4. The molecule has 1 aromatic rings. The van der Waals surface area contributed by atoms with Crippen molar-refractivity contribution in [2.24, 2.45) is 17.6 Å². The smallest absolute Gasteiger partial charge is 0.255 e. The van der Waals surface area contributed by atoms with Crippen molar-refractivity contribution in [2.45, 2.75) is 37.5 Å². The first-order chi connectivity index (χ1) is 16.2. The summed E-state index contributed by atoms with van der Waals surface area (Å²) in [4.78, 5) is 52.5. The van der Waals surface area contributed by atoms with E-state index < -0.39 is 87.2 Å². The lowest BCUT2D eigenvalue weighted by Crippen LogP contribution is -2.68. The Balaban J connectivity index is 2.09. The number of nitrogens with two attached hydrogens (primary N) is 1. The number of amides is 1. The van der Waals surface area contributed by atoms with E-state index in [-0.39, 0.29) is 16.7 Å². The van der Waals surface area contributed by atoms with Gasteiger partial charge in [0.15, 0.2) is 17.2 Å². The molecule has 35 heavy (non-hydrogen) atoms. The van der Waals surface area contributed by atoms with E-state index in [1.54, 1.807) is 6.92 Å². The van der Waals surface area contributed by atoms with Gasteiger partial charge in [-0.1, -0.05) is 6.92 Å². The molecule has 4 rings (SSSR count). The quantitative estimate of drug-likeness (QED) is 0.247. The molecule has 1 amide bonds. The van der Waals surface area contributed by atoms with Crippen LogP contribution in [0.4, 0.5) is 0 Å². The third kappa shape index (κ3) is 2.95. The number of primary amides is 1. The molecule has 6 atom stereocenters. The number of benzene rings is 1. The summed E-state index contributed by atoms with van der Waals surface area (Å²) in [5, 5.41) is 55.6.